The molecule has 646 valence electrons. The van der Waals surface area contributed by atoms with Crippen LogP contribution in [0.3, 0.4) is 0 Å². The van der Waals surface area contributed by atoms with Gasteiger partial charge in [-0.2, -0.15) is 0 Å². The SMILES string of the molecule is C.Cc1ccc(S(=O)(=O)n2cc(B3OC(C)(C)C(C)(C)O3)c3cc(F)cnc32)cc1.Cc1ccc(S(=O)(=O)n2cc(Br)c3cc(F)cnc32)cc1.[Pd].c1ccc(P(c2ccccc2)c2ccccc2)cc1.c1ccc(P(c2ccccc2)c2ccccc2)cc1.c1ccc(P(c2ccccc2)c2ccccc2)cc1.c1ccc(P(c2ccccc2)c2ccccc2)cc1. The van der Waals surface area contributed by atoms with E-state index in [2.05, 4.69) is 390 Å². The fourth-order valence-corrected chi connectivity index (χ4v) is 26.5. The molecule has 14 aromatic carbocycles. The number of benzene rings is 14. The maximum atomic E-state index is 14.0. The van der Waals surface area contributed by atoms with Gasteiger partial charge >= 0.3 is 7.12 Å². The molecule has 0 saturated carbocycles. The Morgan fingerprint density at radius 3 is 0.727 bits per heavy atom. The Bertz CT molecular complexity index is 5880. The zero-order chi connectivity index (χ0) is 88.1. The second-order valence-corrected chi connectivity index (χ2v) is 43.7. The molecule has 128 heavy (non-hydrogen) atoms. The van der Waals surface area contributed by atoms with Gasteiger partial charge in [-0.1, -0.05) is 407 Å². The Hall–Kier alpha value is -10.9. The van der Waals surface area contributed by atoms with Gasteiger partial charge in [-0.15, -0.1) is 0 Å². The average Bonchev–Trinajstić information content (AvgIpc) is 1.57. The third-order valence-electron chi connectivity index (χ3n) is 21.0. The van der Waals surface area contributed by atoms with Crippen molar-refractivity contribution in [1.82, 2.24) is 17.9 Å². The third-order valence-corrected chi connectivity index (χ3v) is 34.7. The number of pyridine rings is 2. The minimum absolute atomic E-state index is 0. The van der Waals surface area contributed by atoms with Crippen molar-refractivity contribution in [2.45, 2.75) is 70.0 Å². The van der Waals surface area contributed by atoms with Crippen LogP contribution in [-0.4, -0.2) is 53.1 Å². The second kappa shape index (κ2) is 45.4. The van der Waals surface area contributed by atoms with Crippen LogP contribution in [-0.2, 0) is 49.8 Å². The van der Waals surface area contributed by atoms with E-state index < -0.39 is 81.7 Å². The van der Waals surface area contributed by atoms with Crippen molar-refractivity contribution in [2.75, 3.05) is 0 Å². The van der Waals surface area contributed by atoms with E-state index in [9.17, 15) is 25.6 Å². The summed E-state index contributed by atoms with van der Waals surface area (Å²) in [6.07, 6.45) is 4.79. The largest absolute Gasteiger partial charge is 0.497 e. The average molecular weight is 1960 g/mol. The smallest absolute Gasteiger partial charge is 0.399 e. The van der Waals surface area contributed by atoms with E-state index in [4.69, 9.17) is 9.31 Å². The molecule has 5 heterocycles. The van der Waals surface area contributed by atoms with E-state index in [1.165, 1.54) is 112 Å². The first-order valence-electron chi connectivity index (χ1n) is 40.9. The molecule has 4 aromatic heterocycles. The summed E-state index contributed by atoms with van der Waals surface area (Å²) < 4.78 is 93.8. The minimum atomic E-state index is -3.94. The van der Waals surface area contributed by atoms with Crippen LogP contribution in [0, 0.1) is 25.5 Å². The Morgan fingerprint density at radius 2 is 0.508 bits per heavy atom. The molecule has 18 aromatic rings. The second-order valence-electron chi connectivity index (χ2n) is 30.3. The Kier molecular flexibility index (Phi) is 34.1. The molecule has 1 aliphatic heterocycles. The number of hydrogen-bond acceptors (Lipinski definition) is 8. The first kappa shape index (κ1) is 96.2. The normalized spacial score (nSPS) is 12.4. The minimum Gasteiger partial charge on any atom is -0.399 e. The summed E-state index contributed by atoms with van der Waals surface area (Å²) in [4.78, 5) is 8.22. The van der Waals surface area contributed by atoms with Crippen molar-refractivity contribution < 1.29 is 55.3 Å². The van der Waals surface area contributed by atoms with Crippen LogP contribution < -0.4 is 69.1 Å². The number of halogens is 3. The molecule has 0 bridgehead atoms. The number of rotatable bonds is 17. The number of fused-ring (bicyclic) bond motifs is 2. The van der Waals surface area contributed by atoms with Crippen LogP contribution in [0.2, 0.25) is 0 Å². The fourth-order valence-electron chi connectivity index (χ4n) is 14.0. The van der Waals surface area contributed by atoms with Crippen molar-refractivity contribution >= 4 is 166 Å². The monoisotopic (exact) mass is 1950 g/mol. The summed E-state index contributed by atoms with van der Waals surface area (Å²) in [5.41, 5.74) is 1.39. The summed E-state index contributed by atoms with van der Waals surface area (Å²) in [6.45, 7) is 11.3. The van der Waals surface area contributed by atoms with E-state index in [0.717, 1.165) is 31.5 Å². The standard InChI is InChI=1S/C20H22BFN2O4S.4C18H15P.C14H10BrFN2O2S.CH4.Pd/c1-13-6-8-15(9-7-13)29(25,26)24-12-17(16-10-14(22)11-23-18(16)24)21-27-19(2,3)20(4,5)28-21;4*1-4-10-16(11-5-1)19(17-12-6-2-7-13-17)18-14-8-3-9-15-18;1-9-2-4-11(5-3-9)21(19,20)18-8-13(15)12-6-10(16)7-17-14(12)18;;/h6-12H,1-5H3;4*1-15H;2-8H,1H3;1H4;. The number of aromatic nitrogens is 4. The molecule has 10 nitrogen and oxygen atoms in total. The molecular formula is C107H96BBrF2N4O6P4PdS2. The zero-order valence-electron chi connectivity index (χ0n) is 70.6. The van der Waals surface area contributed by atoms with E-state index in [1.54, 1.807) is 24.3 Å². The molecule has 19 rings (SSSR count). The number of hydrogen-bond donors (Lipinski definition) is 0. The van der Waals surface area contributed by atoms with Crippen molar-refractivity contribution in [2.24, 2.45) is 0 Å². The van der Waals surface area contributed by atoms with Gasteiger partial charge in [-0.25, -0.2) is 43.5 Å². The third kappa shape index (κ3) is 23.9. The van der Waals surface area contributed by atoms with Crippen LogP contribution in [0.1, 0.15) is 46.2 Å². The molecule has 1 saturated heterocycles. The first-order chi connectivity index (χ1) is 61.1. The summed E-state index contributed by atoms with van der Waals surface area (Å²) >= 11 is 3.24. The molecule has 0 aliphatic carbocycles. The molecular weight excluding hydrogens is 1860 g/mol. The summed E-state index contributed by atoms with van der Waals surface area (Å²) in [5.74, 6) is -1.09. The molecule has 0 radical (unpaired) electrons. The van der Waals surface area contributed by atoms with Crippen molar-refractivity contribution in [1.29, 1.82) is 0 Å². The van der Waals surface area contributed by atoms with Crippen molar-refractivity contribution in [3.63, 3.8) is 0 Å². The zero-order valence-corrected chi connectivity index (χ0v) is 78.9. The number of aryl methyl sites for hydroxylation is 2. The van der Waals surface area contributed by atoms with E-state index in [-0.39, 0.29) is 48.9 Å². The predicted octanol–water partition coefficient (Wildman–Crippen LogP) is 20.9. The number of nitrogens with zero attached hydrogens (tertiary/aromatic N) is 4. The van der Waals surface area contributed by atoms with Gasteiger partial charge in [0.15, 0.2) is 11.3 Å². The van der Waals surface area contributed by atoms with Crippen LogP contribution in [0.15, 0.2) is 464 Å². The fraction of sp³-hybridized carbons (Fsp3) is 0.0841. The Labute approximate surface area is 779 Å². The molecule has 21 heteroatoms. The molecule has 0 atom stereocenters. The van der Waals surface area contributed by atoms with Gasteiger partial charge in [0.25, 0.3) is 20.0 Å². The molecule has 0 N–H and O–H groups in total. The maximum Gasteiger partial charge on any atom is 0.497 e. The molecule has 1 fully saturated rings. The summed E-state index contributed by atoms with van der Waals surface area (Å²) in [5, 5.41) is 17.5. The van der Waals surface area contributed by atoms with E-state index in [1.807, 2.05) is 41.5 Å². The van der Waals surface area contributed by atoms with Gasteiger partial charge in [-0.3, -0.25) is 0 Å². The quantitative estimate of drug-likeness (QED) is 0.0652. The van der Waals surface area contributed by atoms with Crippen molar-refractivity contribution in [3.8, 4) is 0 Å². The summed E-state index contributed by atoms with van der Waals surface area (Å²) in [6, 6.07) is 145. The van der Waals surface area contributed by atoms with Gasteiger partial charge in [0.05, 0.1) is 33.4 Å². The van der Waals surface area contributed by atoms with Gasteiger partial charge < -0.3 is 9.31 Å². The van der Waals surface area contributed by atoms with Gasteiger partial charge in [0.2, 0.25) is 0 Å². The Balaban J connectivity index is 0.000000140. The molecule has 1 aliphatic rings. The molecule has 0 amide bonds. The predicted molar refractivity (Wildman–Crippen MR) is 538 cm³/mol. The van der Waals surface area contributed by atoms with E-state index >= 15 is 0 Å². The van der Waals surface area contributed by atoms with Gasteiger partial charge in [0, 0.05) is 53.5 Å². The van der Waals surface area contributed by atoms with Gasteiger partial charge in [0.1, 0.15) is 11.6 Å². The van der Waals surface area contributed by atoms with Gasteiger partial charge in [-0.05, 0) is 189 Å². The molecule has 0 spiro atoms. The maximum absolute atomic E-state index is 14.0. The van der Waals surface area contributed by atoms with Crippen LogP contribution in [0.5, 0.6) is 0 Å². The van der Waals surface area contributed by atoms with Crippen LogP contribution in [0.25, 0.3) is 22.1 Å². The first-order valence-corrected chi connectivity index (χ1v) is 50.0. The summed E-state index contributed by atoms with van der Waals surface area (Å²) in [7, 11) is -10.3. The van der Waals surface area contributed by atoms with E-state index in [0.29, 0.717) is 20.7 Å². The topological polar surface area (TPSA) is 122 Å². The van der Waals surface area contributed by atoms with Crippen LogP contribution in [0.4, 0.5) is 8.78 Å². The van der Waals surface area contributed by atoms with Crippen LogP contribution >= 0.6 is 47.6 Å². The van der Waals surface area contributed by atoms with Crippen molar-refractivity contribution in [3.05, 3.63) is 477 Å². The Morgan fingerprint density at radius 1 is 0.312 bits per heavy atom. The molecule has 0 unspecified atom stereocenters.